The number of fused-ring (bicyclic) bond motifs is 2. The van der Waals surface area contributed by atoms with Crippen LogP contribution in [-0.4, -0.2) is 65.8 Å². The molecule has 0 spiro atoms. The molecule has 32 heavy (non-hydrogen) atoms. The van der Waals surface area contributed by atoms with Gasteiger partial charge in [0.15, 0.2) is 11.3 Å². The molecule has 0 aliphatic carbocycles. The van der Waals surface area contributed by atoms with E-state index in [1.165, 1.54) is 25.7 Å². The zero-order valence-corrected chi connectivity index (χ0v) is 18.4. The van der Waals surface area contributed by atoms with E-state index in [1.54, 1.807) is 9.03 Å². The Morgan fingerprint density at radius 1 is 0.625 bits per heavy atom. The quantitative estimate of drug-likeness (QED) is 0.470. The van der Waals surface area contributed by atoms with Crippen LogP contribution in [0.15, 0.2) is 12.1 Å². The molecule has 2 aliphatic heterocycles. The highest BCUT2D eigenvalue weighted by Gasteiger charge is 2.17. The van der Waals surface area contributed by atoms with Crippen LogP contribution in [0.5, 0.6) is 0 Å². The summed E-state index contributed by atoms with van der Waals surface area (Å²) >= 11 is 0. The minimum Gasteiger partial charge on any atom is -0.366 e. The van der Waals surface area contributed by atoms with Crippen LogP contribution in [0.2, 0.25) is 0 Å². The highest BCUT2D eigenvalue weighted by molar-refractivity contribution is 5.56. The Morgan fingerprint density at radius 2 is 1.00 bits per heavy atom. The van der Waals surface area contributed by atoms with Crippen molar-refractivity contribution in [1.29, 1.82) is 0 Å². The first-order valence-corrected chi connectivity index (χ1v) is 11.0. The van der Waals surface area contributed by atoms with Gasteiger partial charge in [0, 0.05) is 26.2 Å². The van der Waals surface area contributed by atoms with Crippen LogP contribution in [0.1, 0.15) is 36.8 Å². The summed E-state index contributed by atoms with van der Waals surface area (Å²) in [5.74, 6) is 2.63. The number of nitrogen functional groups attached to an aromatic ring is 2. The lowest BCUT2D eigenvalue weighted by molar-refractivity contribution is 0.858. The van der Waals surface area contributed by atoms with Crippen LogP contribution in [0.4, 0.5) is 23.5 Å². The maximum absolute atomic E-state index is 5.72. The number of anilines is 4. The van der Waals surface area contributed by atoms with Crippen LogP contribution in [0.3, 0.4) is 0 Å². The van der Waals surface area contributed by atoms with E-state index in [2.05, 4.69) is 52.5 Å². The van der Waals surface area contributed by atoms with E-state index in [4.69, 9.17) is 11.5 Å². The second kappa shape index (κ2) is 8.09. The highest BCUT2D eigenvalue weighted by Crippen LogP contribution is 2.22. The van der Waals surface area contributed by atoms with Crippen molar-refractivity contribution in [2.45, 2.75) is 39.5 Å². The van der Waals surface area contributed by atoms with E-state index in [0.29, 0.717) is 11.9 Å². The number of nitrogens with zero attached hydrogens (tertiary/aromatic N) is 10. The Balaban J connectivity index is 0.000000135. The summed E-state index contributed by atoms with van der Waals surface area (Å²) in [6.07, 6.45) is 4.93. The van der Waals surface area contributed by atoms with Crippen molar-refractivity contribution in [3.05, 3.63) is 23.3 Å². The smallest absolute Gasteiger partial charge is 0.243 e. The van der Waals surface area contributed by atoms with Gasteiger partial charge >= 0.3 is 0 Å². The Bertz CT molecular complexity index is 1150. The van der Waals surface area contributed by atoms with E-state index < -0.39 is 0 Å². The fraction of sp³-hybridized carbons (Fsp3) is 0.500. The molecule has 2 fully saturated rings. The van der Waals surface area contributed by atoms with Crippen molar-refractivity contribution in [3.8, 4) is 0 Å². The molecule has 0 radical (unpaired) electrons. The van der Waals surface area contributed by atoms with E-state index in [0.717, 1.165) is 60.2 Å². The lowest BCUT2D eigenvalue weighted by Crippen LogP contribution is -2.20. The van der Waals surface area contributed by atoms with Gasteiger partial charge in [-0.3, -0.25) is 0 Å². The third kappa shape index (κ3) is 3.61. The van der Waals surface area contributed by atoms with Crippen LogP contribution >= 0.6 is 0 Å². The van der Waals surface area contributed by atoms with Gasteiger partial charge in [0.05, 0.1) is 0 Å². The van der Waals surface area contributed by atoms with Crippen molar-refractivity contribution in [2.24, 2.45) is 0 Å². The Morgan fingerprint density at radius 3 is 1.38 bits per heavy atom. The predicted octanol–water partition coefficient (Wildman–Crippen LogP) is 1.23. The fourth-order valence-electron chi connectivity index (χ4n) is 4.25. The van der Waals surface area contributed by atoms with Crippen molar-refractivity contribution in [3.63, 3.8) is 0 Å². The van der Waals surface area contributed by atoms with E-state index in [-0.39, 0.29) is 0 Å². The summed E-state index contributed by atoms with van der Waals surface area (Å²) in [5, 5.41) is 24.6. The average Bonchev–Trinajstić information content (AvgIpc) is 3.58. The first-order valence-electron chi connectivity index (χ1n) is 11.0. The monoisotopic (exact) mass is 436 g/mol. The molecule has 4 N–H and O–H groups in total. The van der Waals surface area contributed by atoms with Gasteiger partial charge < -0.3 is 21.3 Å². The SMILES string of the molecule is Cc1cc(N2CCCC2)nn2c(N)nnc12.Cc1cc(N2CCCC2)nn2c(N)nnc12. The lowest BCUT2D eigenvalue weighted by Gasteiger charge is -2.16. The molecule has 0 bridgehead atoms. The third-order valence-corrected chi connectivity index (χ3v) is 5.99. The van der Waals surface area contributed by atoms with E-state index in [9.17, 15) is 0 Å². The molecule has 6 heterocycles. The molecule has 0 atom stereocenters. The van der Waals surface area contributed by atoms with Crippen LogP contribution < -0.4 is 21.3 Å². The highest BCUT2D eigenvalue weighted by atomic mass is 15.4. The molecule has 0 amide bonds. The van der Waals surface area contributed by atoms with Gasteiger partial charge in [-0.15, -0.1) is 30.6 Å². The van der Waals surface area contributed by atoms with Gasteiger partial charge in [-0.1, -0.05) is 0 Å². The topological polar surface area (TPSA) is 145 Å². The molecule has 4 aromatic heterocycles. The second-order valence-electron chi connectivity index (χ2n) is 8.35. The molecular weight excluding hydrogens is 408 g/mol. The van der Waals surface area contributed by atoms with Crippen LogP contribution in [-0.2, 0) is 0 Å². The Labute approximate surface area is 185 Å². The third-order valence-electron chi connectivity index (χ3n) is 5.99. The van der Waals surface area contributed by atoms with Crippen molar-refractivity contribution in [2.75, 3.05) is 47.4 Å². The molecular formula is C20H28N12. The number of hydrogen-bond acceptors (Lipinski definition) is 10. The van der Waals surface area contributed by atoms with E-state index >= 15 is 0 Å². The van der Waals surface area contributed by atoms with Gasteiger partial charge in [-0.05, 0) is 62.8 Å². The van der Waals surface area contributed by atoms with Crippen LogP contribution in [0, 0.1) is 13.8 Å². The zero-order valence-electron chi connectivity index (χ0n) is 18.4. The number of hydrogen-bond donors (Lipinski definition) is 2. The molecule has 4 aromatic rings. The van der Waals surface area contributed by atoms with Gasteiger partial charge in [-0.2, -0.15) is 9.03 Å². The Hall–Kier alpha value is -3.70. The minimum atomic E-state index is 0.346. The Kier molecular flexibility index (Phi) is 5.11. The standard InChI is InChI=1S/2C10H14N6/c2*1-7-6-8(15-4-2-3-5-15)14-16-9(7)12-13-10(16)11/h2*6H,2-5H2,1H3,(H2,11,13). The first kappa shape index (κ1) is 20.2. The average molecular weight is 437 g/mol. The maximum atomic E-state index is 5.72. The van der Waals surface area contributed by atoms with Crippen LogP contribution in [0.25, 0.3) is 11.3 Å². The predicted molar refractivity (Wildman–Crippen MR) is 123 cm³/mol. The number of nitrogens with two attached hydrogens (primary N) is 2. The molecule has 168 valence electrons. The number of aromatic nitrogens is 8. The zero-order chi connectivity index (χ0) is 22.2. The largest absolute Gasteiger partial charge is 0.366 e. The number of rotatable bonds is 2. The van der Waals surface area contributed by atoms with E-state index in [1.807, 2.05) is 13.8 Å². The van der Waals surface area contributed by atoms with Gasteiger partial charge in [0.1, 0.15) is 11.6 Å². The number of aryl methyl sites for hydroxylation is 2. The molecule has 12 nitrogen and oxygen atoms in total. The summed E-state index contributed by atoms with van der Waals surface area (Å²) < 4.78 is 3.23. The summed E-state index contributed by atoms with van der Waals surface area (Å²) in [6.45, 7) is 8.29. The van der Waals surface area contributed by atoms with Gasteiger partial charge in [0.2, 0.25) is 11.9 Å². The molecule has 0 saturated carbocycles. The second-order valence-corrected chi connectivity index (χ2v) is 8.35. The van der Waals surface area contributed by atoms with Gasteiger partial charge in [-0.25, -0.2) is 0 Å². The molecule has 2 aliphatic rings. The summed E-state index contributed by atoms with van der Waals surface area (Å²) in [6, 6.07) is 4.10. The summed E-state index contributed by atoms with van der Waals surface area (Å²) in [4.78, 5) is 4.54. The lowest BCUT2D eigenvalue weighted by atomic mass is 10.3. The minimum absolute atomic E-state index is 0.346. The molecule has 0 aromatic carbocycles. The van der Waals surface area contributed by atoms with Crippen molar-refractivity contribution in [1.82, 2.24) is 39.6 Å². The molecule has 0 unspecified atom stereocenters. The normalized spacial score (nSPS) is 16.2. The maximum Gasteiger partial charge on any atom is 0.243 e. The summed E-state index contributed by atoms with van der Waals surface area (Å²) in [5.41, 5.74) is 15.0. The molecule has 12 heteroatoms. The van der Waals surface area contributed by atoms with Gasteiger partial charge in [0.25, 0.3) is 0 Å². The fourth-order valence-corrected chi connectivity index (χ4v) is 4.25. The molecule has 2 saturated heterocycles. The first-order chi connectivity index (χ1) is 15.5. The van der Waals surface area contributed by atoms with Crippen molar-refractivity contribution >= 4 is 34.8 Å². The summed E-state index contributed by atoms with van der Waals surface area (Å²) in [7, 11) is 0. The van der Waals surface area contributed by atoms with Crippen molar-refractivity contribution < 1.29 is 0 Å². The molecule has 6 rings (SSSR count).